The van der Waals surface area contributed by atoms with Crippen molar-refractivity contribution in [2.24, 2.45) is 5.41 Å². The summed E-state index contributed by atoms with van der Waals surface area (Å²) in [5.41, 5.74) is 0.945. The Morgan fingerprint density at radius 3 is 1.66 bits per heavy atom. The molecule has 0 spiro atoms. The Labute approximate surface area is 203 Å². The first-order valence-corrected chi connectivity index (χ1v) is 12.0. The van der Waals surface area contributed by atoms with Crippen molar-refractivity contribution in [3.8, 4) is 0 Å². The van der Waals surface area contributed by atoms with Crippen LogP contribution >= 0.6 is 0 Å². The first kappa shape index (κ1) is 20.3. The molecule has 0 N–H and O–H groups in total. The molecule has 0 bridgehead atoms. The van der Waals surface area contributed by atoms with Crippen molar-refractivity contribution in [3.05, 3.63) is 143 Å². The average Bonchev–Trinajstić information content (AvgIpc) is 3.38. The Morgan fingerprint density at radius 1 is 0.571 bits per heavy atom. The van der Waals surface area contributed by atoms with Gasteiger partial charge in [-0.3, -0.25) is 14.4 Å². The summed E-state index contributed by atoms with van der Waals surface area (Å²) in [6.07, 6.45) is 0. The standard InChI is InChI=1S/C32H22O3/c1-20(33)30-24-17-9-8-16-23(24)27-31(26-19-11-10-18-25(26)30,28(34)21-12-4-2-5-13-21)32(27,30)29(35)22-14-6-3-7-15-22/h2-19,27H,1H3. The van der Waals surface area contributed by atoms with Gasteiger partial charge >= 0.3 is 0 Å². The summed E-state index contributed by atoms with van der Waals surface area (Å²) in [5, 5.41) is 0. The van der Waals surface area contributed by atoms with Gasteiger partial charge in [0.05, 0.1) is 16.2 Å². The summed E-state index contributed by atoms with van der Waals surface area (Å²) in [7, 11) is 0. The molecule has 3 nitrogen and oxygen atoms in total. The van der Waals surface area contributed by atoms with E-state index in [9.17, 15) is 14.4 Å². The van der Waals surface area contributed by atoms with Gasteiger partial charge in [-0.2, -0.15) is 0 Å². The second kappa shape index (κ2) is 6.51. The summed E-state index contributed by atoms with van der Waals surface area (Å²) >= 11 is 0. The van der Waals surface area contributed by atoms with Crippen LogP contribution in [-0.2, 0) is 15.6 Å². The lowest BCUT2D eigenvalue weighted by Crippen LogP contribution is -2.47. The maximum atomic E-state index is 14.8. The number of ketones is 3. The molecule has 4 unspecified atom stereocenters. The quantitative estimate of drug-likeness (QED) is 0.365. The Morgan fingerprint density at radius 2 is 1.06 bits per heavy atom. The Bertz CT molecular complexity index is 1570. The van der Waals surface area contributed by atoms with Gasteiger partial charge in [-0.15, -0.1) is 0 Å². The zero-order chi connectivity index (χ0) is 24.0. The van der Waals surface area contributed by atoms with Gasteiger partial charge in [0, 0.05) is 17.0 Å². The van der Waals surface area contributed by atoms with Crippen LogP contribution < -0.4 is 0 Å². The molecule has 0 amide bonds. The molecule has 3 aliphatic carbocycles. The molecule has 7 rings (SSSR count). The highest BCUT2D eigenvalue weighted by Gasteiger charge is 2.98. The van der Waals surface area contributed by atoms with E-state index >= 15 is 0 Å². The van der Waals surface area contributed by atoms with Crippen molar-refractivity contribution >= 4 is 17.3 Å². The van der Waals surface area contributed by atoms with Crippen LogP contribution in [0.4, 0.5) is 0 Å². The van der Waals surface area contributed by atoms with Crippen LogP contribution in [0.15, 0.2) is 109 Å². The Hall–Kier alpha value is -4.11. The maximum Gasteiger partial charge on any atom is 0.175 e. The van der Waals surface area contributed by atoms with Crippen molar-refractivity contribution in [2.45, 2.75) is 23.7 Å². The molecule has 3 heteroatoms. The number of hydrogen-bond donors (Lipinski definition) is 0. The highest BCUT2D eigenvalue weighted by Crippen LogP contribution is 2.92. The normalized spacial score (nSPS) is 28.5. The first-order chi connectivity index (χ1) is 17.1. The van der Waals surface area contributed by atoms with Crippen LogP contribution in [0.2, 0.25) is 0 Å². The smallest absolute Gasteiger partial charge is 0.175 e. The monoisotopic (exact) mass is 454 g/mol. The zero-order valence-corrected chi connectivity index (χ0v) is 19.2. The molecule has 1 saturated carbocycles. The molecule has 4 aromatic carbocycles. The fourth-order valence-electron chi connectivity index (χ4n) is 7.84. The van der Waals surface area contributed by atoms with Gasteiger partial charge in [0.15, 0.2) is 11.6 Å². The van der Waals surface area contributed by atoms with Crippen molar-refractivity contribution in [1.82, 2.24) is 0 Å². The van der Waals surface area contributed by atoms with Crippen LogP contribution in [0.25, 0.3) is 0 Å². The number of carbonyl (C=O) groups excluding carboxylic acids is 3. The largest absolute Gasteiger partial charge is 0.299 e. The van der Waals surface area contributed by atoms with Gasteiger partial charge < -0.3 is 0 Å². The molecular weight excluding hydrogens is 432 g/mol. The minimum Gasteiger partial charge on any atom is -0.299 e. The van der Waals surface area contributed by atoms with E-state index in [1.807, 2.05) is 97.1 Å². The van der Waals surface area contributed by atoms with E-state index in [1.54, 1.807) is 19.1 Å². The van der Waals surface area contributed by atoms with Crippen molar-refractivity contribution in [1.29, 1.82) is 0 Å². The molecule has 0 saturated heterocycles. The number of Topliss-reactive ketones (excluding diaryl/α,β-unsaturated/α-hetero) is 3. The molecule has 0 radical (unpaired) electrons. The Kier molecular flexibility index (Phi) is 3.77. The van der Waals surface area contributed by atoms with Crippen LogP contribution in [-0.4, -0.2) is 17.3 Å². The van der Waals surface area contributed by atoms with E-state index in [-0.39, 0.29) is 17.3 Å². The minimum absolute atomic E-state index is 0.0857. The van der Waals surface area contributed by atoms with Gasteiger partial charge in [-0.05, 0) is 29.2 Å². The van der Waals surface area contributed by atoms with Gasteiger partial charge in [0.25, 0.3) is 0 Å². The third-order valence-electron chi connectivity index (χ3n) is 8.74. The highest BCUT2D eigenvalue weighted by molar-refractivity contribution is 6.26. The van der Waals surface area contributed by atoms with Gasteiger partial charge in [0.1, 0.15) is 5.78 Å². The number of hydrogen-bond acceptors (Lipinski definition) is 3. The summed E-state index contributed by atoms with van der Waals surface area (Å²) in [5.74, 6) is -0.706. The molecule has 0 aromatic heterocycles. The van der Waals surface area contributed by atoms with Crippen LogP contribution in [0.5, 0.6) is 0 Å². The summed E-state index contributed by atoms with van der Waals surface area (Å²) in [4.78, 5) is 43.3. The fourth-order valence-corrected chi connectivity index (χ4v) is 7.84. The molecule has 168 valence electrons. The third kappa shape index (κ3) is 1.93. The molecular formula is C32H22O3. The third-order valence-corrected chi connectivity index (χ3v) is 8.74. The van der Waals surface area contributed by atoms with Crippen molar-refractivity contribution < 1.29 is 14.4 Å². The van der Waals surface area contributed by atoms with Crippen LogP contribution in [0.1, 0.15) is 55.8 Å². The molecule has 0 aliphatic heterocycles. The molecule has 35 heavy (non-hydrogen) atoms. The molecule has 3 aliphatic rings. The van der Waals surface area contributed by atoms with Crippen molar-refractivity contribution in [3.63, 3.8) is 0 Å². The topological polar surface area (TPSA) is 51.2 Å². The zero-order valence-electron chi connectivity index (χ0n) is 19.2. The highest BCUT2D eigenvalue weighted by atomic mass is 16.2. The predicted molar refractivity (Wildman–Crippen MR) is 133 cm³/mol. The van der Waals surface area contributed by atoms with E-state index in [0.717, 1.165) is 22.3 Å². The van der Waals surface area contributed by atoms with Crippen LogP contribution in [0.3, 0.4) is 0 Å². The lowest BCUT2D eigenvalue weighted by molar-refractivity contribution is -0.122. The van der Waals surface area contributed by atoms with E-state index in [4.69, 9.17) is 0 Å². The van der Waals surface area contributed by atoms with Crippen LogP contribution in [0, 0.1) is 5.41 Å². The van der Waals surface area contributed by atoms with Gasteiger partial charge in [0.2, 0.25) is 0 Å². The number of rotatable bonds is 5. The molecule has 0 heterocycles. The lowest BCUT2D eigenvalue weighted by Gasteiger charge is -2.35. The van der Waals surface area contributed by atoms with Gasteiger partial charge in [-0.1, -0.05) is 109 Å². The van der Waals surface area contributed by atoms with E-state index in [0.29, 0.717) is 11.1 Å². The van der Waals surface area contributed by atoms with E-state index < -0.39 is 22.2 Å². The number of benzene rings is 4. The molecule has 4 aromatic rings. The number of carbonyl (C=O) groups is 3. The number of fused-ring (bicyclic) bond motifs is 7. The molecule has 1 fully saturated rings. The average molecular weight is 455 g/mol. The Balaban J connectivity index is 1.65. The summed E-state index contributed by atoms with van der Waals surface area (Å²) < 4.78 is 0. The van der Waals surface area contributed by atoms with Crippen molar-refractivity contribution in [2.75, 3.05) is 0 Å². The second-order valence-corrected chi connectivity index (χ2v) is 9.88. The van der Waals surface area contributed by atoms with E-state index in [1.165, 1.54) is 0 Å². The first-order valence-electron chi connectivity index (χ1n) is 12.0. The maximum absolute atomic E-state index is 14.8. The van der Waals surface area contributed by atoms with Gasteiger partial charge in [-0.25, -0.2) is 0 Å². The predicted octanol–water partition coefficient (Wildman–Crippen LogP) is 5.68. The van der Waals surface area contributed by atoms with E-state index in [2.05, 4.69) is 0 Å². The molecule has 4 atom stereocenters. The SMILES string of the molecule is CC(=O)C12c3ccccc3C3C(C(=O)c4ccccc4)(c4ccccc41)C32C(=O)c1ccccc1. The fraction of sp³-hybridized carbons (Fsp3) is 0.156. The minimum atomic E-state index is -1.23. The summed E-state index contributed by atoms with van der Waals surface area (Å²) in [6, 6.07) is 33.9. The second-order valence-electron chi connectivity index (χ2n) is 9.88. The lowest BCUT2D eigenvalue weighted by atomic mass is 9.62. The summed E-state index contributed by atoms with van der Waals surface area (Å²) in [6.45, 7) is 1.58.